The molecule has 0 atom stereocenters. The molecule has 1 rings (SSSR count). The van der Waals surface area contributed by atoms with Gasteiger partial charge >= 0.3 is 6.18 Å². The molecule has 3 nitrogen and oxygen atoms in total. The minimum Gasteiger partial charge on any atom is -0.259 e. The number of hydrogen-bond acceptors (Lipinski definition) is 2. The predicted molar refractivity (Wildman–Crippen MR) is 56.7 cm³/mol. The fourth-order valence-corrected chi connectivity index (χ4v) is 1.34. The molecule has 0 spiro atoms. The lowest BCUT2D eigenvalue weighted by Crippen LogP contribution is -2.07. The Hall–Kier alpha value is -1.85. The highest BCUT2D eigenvalue weighted by atomic mass is 19.4. The molecule has 17 heavy (non-hydrogen) atoms. The van der Waals surface area contributed by atoms with E-state index in [4.69, 9.17) is 0 Å². The number of nitrogens with zero attached hydrogens (tertiary/aromatic N) is 1. The Bertz CT molecular complexity index is 452. The zero-order chi connectivity index (χ0) is 13.1. The number of nitro groups is 1. The van der Waals surface area contributed by atoms with Crippen LogP contribution in [0.15, 0.2) is 30.0 Å². The van der Waals surface area contributed by atoms with E-state index in [1.165, 1.54) is 25.1 Å². The monoisotopic (exact) mass is 245 g/mol. The third kappa shape index (κ3) is 3.30. The third-order valence-corrected chi connectivity index (χ3v) is 2.19. The molecule has 0 unspecified atom stereocenters. The van der Waals surface area contributed by atoms with Crippen molar-refractivity contribution in [1.82, 2.24) is 0 Å². The van der Waals surface area contributed by atoms with E-state index in [9.17, 15) is 23.3 Å². The van der Waals surface area contributed by atoms with Gasteiger partial charge in [0, 0.05) is 12.5 Å². The Morgan fingerprint density at radius 1 is 1.41 bits per heavy atom. The van der Waals surface area contributed by atoms with Gasteiger partial charge < -0.3 is 0 Å². The molecule has 0 N–H and O–H groups in total. The van der Waals surface area contributed by atoms with Crippen molar-refractivity contribution >= 4 is 6.08 Å². The van der Waals surface area contributed by atoms with Crippen LogP contribution >= 0.6 is 0 Å². The maximum Gasteiger partial charge on any atom is 0.416 e. The van der Waals surface area contributed by atoms with Crippen LogP contribution in [0.4, 0.5) is 13.2 Å². The average molecular weight is 245 g/mol. The minimum absolute atomic E-state index is 0.0686. The number of rotatable bonds is 3. The maximum absolute atomic E-state index is 12.6. The van der Waals surface area contributed by atoms with Gasteiger partial charge in [0.2, 0.25) is 5.70 Å². The lowest BCUT2D eigenvalue weighted by Gasteiger charge is -2.09. The van der Waals surface area contributed by atoms with Gasteiger partial charge in [0.1, 0.15) is 0 Å². The van der Waals surface area contributed by atoms with E-state index < -0.39 is 16.7 Å². The summed E-state index contributed by atoms with van der Waals surface area (Å²) in [6.07, 6.45) is -3.48. The van der Waals surface area contributed by atoms with Gasteiger partial charge in [0.05, 0.1) is 10.5 Å². The summed E-state index contributed by atoms with van der Waals surface area (Å²) in [5, 5.41) is 10.6. The molecule has 0 aliphatic heterocycles. The Kier molecular flexibility index (Phi) is 3.88. The molecule has 0 saturated carbocycles. The zero-order valence-electron chi connectivity index (χ0n) is 8.99. The summed E-state index contributed by atoms with van der Waals surface area (Å²) >= 11 is 0. The van der Waals surface area contributed by atoms with Crippen LogP contribution in [-0.2, 0) is 6.18 Å². The van der Waals surface area contributed by atoms with Crippen molar-refractivity contribution in [3.8, 4) is 0 Å². The summed E-state index contributed by atoms with van der Waals surface area (Å²) in [7, 11) is 0. The predicted octanol–water partition coefficient (Wildman–Crippen LogP) is 3.73. The van der Waals surface area contributed by atoms with Crippen molar-refractivity contribution in [3.05, 3.63) is 51.2 Å². The molecule has 1 aromatic rings. The van der Waals surface area contributed by atoms with E-state index >= 15 is 0 Å². The van der Waals surface area contributed by atoms with Crippen molar-refractivity contribution < 1.29 is 18.1 Å². The van der Waals surface area contributed by atoms with E-state index in [1.807, 2.05) is 0 Å². The Balaban J connectivity index is 3.28. The standard InChI is InChI=1S/C11H10F3NO2/c1-2-9(15(16)17)7-8-5-3-4-6-10(8)11(12,13)14/h3-7H,2H2,1H3. The van der Waals surface area contributed by atoms with E-state index in [0.29, 0.717) is 0 Å². The summed E-state index contributed by atoms with van der Waals surface area (Å²) in [6.45, 7) is 1.52. The van der Waals surface area contributed by atoms with Crippen molar-refractivity contribution in [2.45, 2.75) is 19.5 Å². The van der Waals surface area contributed by atoms with E-state index in [2.05, 4.69) is 0 Å². The summed E-state index contributed by atoms with van der Waals surface area (Å²) in [4.78, 5) is 9.88. The molecule has 0 saturated heterocycles. The van der Waals surface area contributed by atoms with Gasteiger partial charge in [0.25, 0.3) is 0 Å². The molecular formula is C11H10F3NO2. The molecule has 0 radical (unpaired) electrons. The normalized spacial score (nSPS) is 12.6. The van der Waals surface area contributed by atoms with Gasteiger partial charge in [-0.3, -0.25) is 10.1 Å². The first-order valence-corrected chi connectivity index (χ1v) is 4.87. The Morgan fingerprint density at radius 3 is 2.47 bits per heavy atom. The van der Waals surface area contributed by atoms with Crippen LogP contribution in [0.3, 0.4) is 0 Å². The number of hydrogen-bond donors (Lipinski definition) is 0. The van der Waals surface area contributed by atoms with Gasteiger partial charge in [-0.25, -0.2) is 0 Å². The lowest BCUT2D eigenvalue weighted by atomic mass is 10.1. The molecule has 1 aromatic carbocycles. The van der Waals surface area contributed by atoms with Crippen molar-refractivity contribution in [2.24, 2.45) is 0 Å². The minimum atomic E-state index is -4.51. The maximum atomic E-state index is 12.6. The van der Waals surface area contributed by atoms with Crippen molar-refractivity contribution in [1.29, 1.82) is 0 Å². The topological polar surface area (TPSA) is 43.1 Å². The van der Waals surface area contributed by atoms with E-state index in [-0.39, 0.29) is 17.7 Å². The molecule has 0 amide bonds. The van der Waals surface area contributed by atoms with Gasteiger partial charge in [-0.05, 0) is 11.6 Å². The smallest absolute Gasteiger partial charge is 0.259 e. The molecule has 92 valence electrons. The Morgan fingerprint density at radius 2 is 2.00 bits per heavy atom. The second-order valence-electron chi connectivity index (χ2n) is 3.33. The molecule has 0 fully saturated rings. The SMILES string of the molecule is CCC(=Cc1ccccc1C(F)(F)F)[N+](=O)[O-]. The van der Waals surface area contributed by atoms with Gasteiger partial charge in [-0.1, -0.05) is 25.1 Å². The van der Waals surface area contributed by atoms with Crippen LogP contribution in [-0.4, -0.2) is 4.92 Å². The fourth-order valence-electron chi connectivity index (χ4n) is 1.34. The molecule has 0 aromatic heterocycles. The highest BCUT2D eigenvalue weighted by Crippen LogP contribution is 2.32. The second kappa shape index (κ2) is 4.99. The summed E-state index contributed by atoms with van der Waals surface area (Å²) < 4.78 is 37.8. The van der Waals surface area contributed by atoms with Gasteiger partial charge in [-0.15, -0.1) is 0 Å². The lowest BCUT2D eigenvalue weighted by molar-refractivity contribution is -0.425. The van der Waals surface area contributed by atoms with Crippen LogP contribution in [0, 0.1) is 10.1 Å². The summed E-state index contributed by atoms with van der Waals surface area (Å²) in [5.74, 6) is 0. The number of allylic oxidation sites excluding steroid dienone is 1. The molecule has 0 bridgehead atoms. The van der Waals surface area contributed by atoms with Crippen molar-refractivity contribution in [3.63, 3.8) is 0 Å². The number of alkyl halides is 3. The largest absolute Gasteiger partial charge is 0.416 e. The average Bonchev–Trinajstić information content (AvgIpc) is 2.24. The Labute approximate surface area is 95.7 Å². The molecule has 0 aliphatic carbocycles. The quantitative estimate of drug-likeness (QED) is 0.601. The zero-order valence-corrected chi connectivity index (χ0v) is 8.99. The number of benzene rings is 1. The van der Waals surface area contributed by atoms with Crippen LogP contribution in [0.25, 0.3) is 6.08 Å². The fraction of sp³-hybridized carbons (Fsp3) is 0.273. The van der Waals surface area contributed by atoms with E-state index in [0.717, 1.165) is 12.1 Å². The molecule has 6 heteroatoms. The van der Waals surface area contributed by atoms with E-state index in [1.54, 1.807) is 0 Å². The van der Waals surface area contributed by atoms with Crippen LogP contribution in [0.5, 0.6) is 0 Å². The van der Waals surface area contributed by atoms with Crippen LogP contribution < -0.4 is 0 Å². The first-order valence-electron chi connectivity index (χ1n) is 4.87. The summed E-state index contributed by atoms with van der Waals surface area (Å²) in [5.41, 5.74) is -1.30. The first-order chi connectivity index (χ1) is 7.86. The number of halogens is 3. The van der Waals surface area contributed by atoms with Crippen molar-refractivity contribution in [2.75, 3.05) is 0 Å². The highest BCUT2D eigenvalue weighted by Gasteiger charge is 2.32. The molecular weight excluding hydrogens is 235 g/mol. The third-order valence-electron chi connectivity index (χ3n) is 2.19. The highest BCUT2D eigenvalue weighted by molar-refractivity contribution is 5.56. The molecule has 0 heterocycles. The first kappa shape index (κ1) is 13.2. The van der Waals surface area contributed by atoms with Gasteiger partial charge in [0.15, 0.2) is 0 Å². The van der Waals surface area contributed by atoms with Crippen LogP contribution in [0.2, 0.25) is 0 Å². The second-order valence-corrected chi connectivity index (χ2v) is 3.33. The van der Waals surface area contributed by atoms with Gasteiger partial charge in [-0.2, -0.15) is 13.2 Å². The summed E-state index contributed by atoms with van der Waals surface area (Å²) in [6, 6.07) is 4.77. The van der Waals surface area contributed by atoms with Crippen LogP contribution in [0.1, 0.15) is 24.5 Å². The molecule has 0 aliphatic rings.